The molecule has 1 saturated heterocycles. The Morgan fingerprint density at radius 3 is 2.96 bits per heavy atom. The predicted octanol–water partition coefficient (Wildman–Crippen LogP) is 2.02. The molecule has 3 aromatic heterocycles. The average Bonchev–Trinajstić information content (AvgIpc) is 3.17. The number of fused-ring (bicyclic) bond motifs is 1. The highest BCUT2D eigenvalue weighted by atomic mass is 16.2. The molecule has 7 nitrogen and oxygen atoms in total. The van der Waals surface area contributed by atoms with Gasteiger partial charge in [-0.15, -0.1) is 0 Å². The molecular formula is C17H20N6O. The Kier molecular flexibility index (Phi) is 3.55. The highest BCUT2D eigenvalue weighted by molar-refractivity contribution is 5.92. The van der Waals surface area contributed by atoms with Gasteiger partial charge in [-0.1, -0.05) is 0 Å². The summed E-state index contributed by atoms with van der Waals surface area (Å²) in [5, 5.41) is 4.58. The van der Waals surface area contributed by atoms with Gasteiger partial charge in [0.05, 0.1) is 11.7 Å². The number of piperidine rings is 1. The topological polar surface area (TPSA) is 68.3 Å². The number of hydrogen-bond acceptors (Lipinski definition) is 4. The molecule has 7 heteroatoms. The first-order valence-corrected chi connectivity index (χ1v) is 8.23. The van der Waals surface area contributed by atoms with E-state index in [0.717, 1.165) is 30.8 Å². The Morgan fingerprint density at radius 1 is 1.33 bits per heavy atom. The third-order valence-corrected chi connectivity index (χ3v) is 4.53. The van der Waals surface area contributed by atoms with Crippen molar-refractivity contribution >= 4 is 11.7 Å². The van der Waals surface area contributed by atoms with Crippen molar-refractivity contribution in [1.82, 2.24) is 29.0 Å². The molecule has 0 N–H and O–H groups in total. The van der Waals surface area contributed by atoms with Crippen molar-refractivity contribution in [2.75, 3.05) is 13.1 Å². The van der Waals surface area contributed by atoms with E-state index in [-0.39, 0.29) is 11.9 Å². The number of likely N-dealkylation sites (tertiary alicyclic amines) is 1. The van der Waals surface area contributed by atoms with Crippen molar-refractivity contribution < 1.29 is 4.79 Å². The Morgan fingerprint density at radius 2 is 2.21 bits per heavy atom. The second kappa shape index (κ2) is 5.74. The fourth-order valence-corrected chi connectivity index (χ4v) is 3.45. The molecule has 1 amide bonds. The minimum Gasteiger partial charge on any atom is -0.335 e. The molecule has 0 bridgehead atoms. The minimum atomic E-state index is -0.0354. The summed E-state index contributed by atoms with van der Waals surface area (Å²) in [5.74, 6) is 0.514. The van der Waals surface area contributed by atoms with E-state index in [1.165, 1.54) is 0 Å². The molecule has 4 heterocycles. The van der Waals surface area contributed by atoms with Crippen LogP contribution in [0.4, 0.5) is 0 Å². The van der Waals surface area contributed by atoms with Gasteiger partial charge in [0.1, 0.15) is 5.69 Å². The maximum atomic E-state index is 12.8. The van der Waals surface area contributed by atoms with Gasteiger partial charge in [0, 0.05) is 37.4 Å². The van der Waals surface area contributed by atoms with E-state index in [4.69, 9.17) is 0 Å². The Bertz CT molecular complexity index is 863. The Labute approximate surface area is 139 Å². The lowest BCUT2D eigenvalue weighted by atomic mass is 10.1. The fourth-order valence-electron chi connectivity index (χ4n) is 3.45. The van der Waals surface area contributed by atoms with Gasteiger partial charge >= 0.3 is 0 Å². The minimum absolute atomic E-state index is 0.0354. The zero-order chi connectivity index (χ0) is 16.7. The van der Waals surface area contributed by atoms with Crippen LogP contribution in [0.2, 0.25) is 0 Å². The Balaban J connectivity index is 1.57. The predicted molar refractivity (Wildman–Crippen MR) is 88.9 cm³/mol. The summed E-state index contributed by atoms with van der Waals surface area (Å²) in [5.41, 5.74) is 2.61. The van der Waals surface area contributed by atoms with E-state index < -0.39 is 0 Å². The molecule has 0 unspecified atom stereocenters. The molecule has 0 aromatic carbocycles. The first-order valence-electron chi connectivity index (χ1n) is 8.23. The van der Waals surface area contributed by atoms with Gasteiger partial charge in [-0.2, -0.15) is 5.10 Å². The van der Waals surface area contributed by atoms with Crippen LogP contribution in [0.1, 0.15) is 40.8 Å². The normalized spacial score (nSPS) is 18.2. The number of imidazole rings is 1. The van der Waals surface area contributed by atoms with Crippen LogP contribution in [-0.4, -0.2) is 48.0 Å². The summed E-state index contributed by atoms with van der Waals surface area (Å²) in [4.78, 5) is 23.2. The van der Waals surface area contributed by atoms with Crippen LogP contribution in [0.3, 0.4) is 0 Å². The number of carbonyl (C=O) groups excluding carboxylic acids is 1. The van der Waals surface area contributed by atoms with Crippen LogP contribution in [0, 0.1) is 13.8 Å². The number of aromatic nitrogens is 5. The second-order valence-electron chi connectivity index (χ2n) is 6.37. The number of nitrogens with zero attached hydrogens (tertiary/aromatic N) is 6. The van der Waals surface area contributed by atoms with Crippen LogP contribution in [0.25, 0.3) is 5.78 Å². The van der Waals surface area contributed by atoms with Gasteiger partial charge in [-0.25, -0.2) is 9.97 Å². The van der Waals surface area contributed by atoms with Crippen molar-refractivity contribution in [1.29, 1.82) is 0 Å². The number of carbonyl (C=O) groups is 1. The summed E-state index contributed by atoms with van der Waals surface area (Å²) in [7, 11) is 0. The highest BCUT2D eigenvalue weighted by Gasteiger charge is 2.28. The van der Waals surface area contributed by atoms with Gasteiger partial charge in [-0.05, 0) is 38.8 Å². The van der Waals surface area contributed by atoms with Crippen molar-refractivity contribution in [3.63, 3.8) is 0 Å². The number of amides is 1. The van der Waals surface area contributed by atoms with E-state index in [0.29, 0.717) is 18.0 Å². The summed E-state index contributed by atoms with van der Waals surface area (Å²) in [6, 6.07) is 4.13. The molecule has 0 radical (unpaired) electrons. The average molecular weight is 324 g/mol. The summed E-state index contributed by atoms with van der Waals surface area (Å²) >= 11 is 0. The maximum absolute atomic E-state index is 12.8. The fraction of sp³-hybridized carbons (Fsp3) is 0.412. The van der Waals surface area contributed by atoms with Gasteiger partial charge in [0.2, 0.25) is 5.78 Å². The van der Waals surface area contributed by atoms with Crippen LogP contribution >= 0.6 is 0 Å². The van der Waals surface area contributed by atoms with Gasteiger partial charge < -0.3 is 4.90 Å². The van der Waals surface area contributed by atoms with E-state index in [2.05, 4.69) is 32.7 Å². The smallest absolute Gasteiger partial charge is 0.274 e. The van der Waals surface area contributed by atoms with Crippen LogP contribution in [0.15, 0.2) is 30.7 Å². The molecule has 24 heavy (non-hydrogen) atoms. The Hall–Kier alpha value is -2.70. The monoisotopic (exact) mass is 324 g/mol. The second-order valence-corrected chi connectivity index (χ2v) is 6.37. The van der Waals surface area contributed by atoms with Crippen molar-refractivity contribution in [3.8, 4) is 0 Å². The van der Waals surface area contributed by atoms with E-state index in [1.807, 2.05) is 24.1 Å². The van der Waals surface area contributed by atoms with E-state index >= 15 is 0 Å². The first-order chi connectivity index (χ1) is 11.6. The van der Waals surface area contributed by atoms with Gasteiger partial charge in [0.15, 0.2) is 0 Å². The summed E-state index contributed by atoms with van der Waals surface area (Å²) < 4.78 is 3.83. The molecule has 0 saturated carbocycles. The van der Waals surface area contributed by atoms with Gasteiger partial charge in [0.25, 0.3) is 5.91 Å². The zero-order valence-electron chi connectivity index (χ0n) is 13.9. The molecule has 1 aliphatic heterocycles. The SMILES string of the molecule is Cc1cc(C)n([C@@H]2CCCN(C(=O)c3cn4cccnc4n3)C2)n1. The van der Waals surface area contributed by atoms with E-state index in [1.54, 1.807) is 16.8 Å². The summed E-state index contributed by atoms with van der Waals surface area (Å²) in [6.45, 7) is 5.49. The third-order valence-electron chi connectivity index (χ3n) is 4.53. The van der Waals surface area contributed by atoms with Crippen molar-refractivity contribution in [2.45, 2.75) is 32.7 Å². The molecule has 3 aromatic rings. The summed E-state index contributed by atoms with van der Waals surface area (Å²) in [6.07, 6.45) is 7.29. The first kappa shape index (κ1) is 14.9. The van der Waals surface area contributed by atoms with Gasteiger partial charge in [-0.3, -0.25) is 13.9 Å². The van der Waals surface area contributed by atoms with Crippen LogP contribution in [-0.2, 0) is 0 Å². The lowest BCUT2D eigenvalue weighted by molar-refractivity contribution is 0.0666. The van der Waals surface area contributed by atoms with E-state index in [9.17, 15) is 4.79 Å². The van der Waals surface area contributed by atoms with Crippen molar-refractivity contribution in [3.05, 3.63) is 47.8 Å². The molecule has 1 fully saturated rings. The lowest BCUT2D eigenvalue weighted by Gasteiger charge is -2.33. The molecule has 1 aliphatic rings. The zero-order valence-corrected chi connectivity index (χ0v) is 13.9. The highest BCUT2D eigenvalue weighted by Crippen LogP contribution is 2.24. The largest absolute Gasteiger partial charge is 0.335 e. The molecular weight excluding hydrogens is 304 g/mol. The number of hydrogen-bond donors (Lipinski definition) is 0. The molecule has 1 atom stereocenters. The maximum Gasteiger partial charge on any atom is 0.274 e. The standard InChI is InChI=1S/C17H20N6O/c1-12-9-13(2)23(20-12)14-5-3-7-21(10-14)16(24)15-11-22-8-4-6-18-17(22)19-15/h4,6,8-9,11,14H,3,5,7,10H2,1-2H3/t14-/m1/s1. The molecule has 0 spiro atoms. The lowest BCUT2D eigenvalue weighted by Crippen LogP contribution is -2.41. The number of rotatable bonds is 2. The molecule has 4 rings (SSSR count). The third kappa shape index (κ3) is 2.55. The quantitative estimate of drug-likeness (QED) is 0.723. The molecule has 0 aliphatic carbocycles. The number of aryl methyl sites for hydroxylation is 2. The molecule has 124 valence electrons. The van der Waals surface area contributed by atoms with Crippen LogP contribution < -0.4 is 0 Å². The van der Waals surface area contributed by atoms with Crippen molar-refractivity contribution in [2.24, 2.45) is 0 Å². The van der Waals surface area contributed by atoms with Crippen LogP contribution in [0.5, 0.6) is 0 Å².